The standard InChI is InChI=1S/C17H25N3O/c1-6-14-9-7-8-10-16(14)21-17-15(11-18-12(2)3)13(4)19-20(17)5/h7-10,12,18H,6,11H2,1-5H3. The van der Waals surface area contributed by atoms with E-state index in [0.717, 1.165) is 35.9 Å². The van der Waals surface area contributed by atoms with E-state index < -0.39 is 0 Å². The third-order valence-corrected chi connectivity index (χ3v) is 3.54. The van der Waals surface area contributed by atoms with Gasteiger partial charge in [-0.05, 0) is 25.0 Å². The largest absolute Gasteiger partial charge is 0.439 e. The number of ether oxygens (including phenoxy) is 1. The van der Waals surface area contributed by atoms with Crippen LogP contribution in [-0.4, -0.2) is 15.8 Å². The average Bonchev–Trinajstić information content (AvgIpc) is 2.71. The van der Waals surface area contributed by atoms with Gasteiger partial charge in [-0.1, -0.05) is 39.0 Å². The van der Waals surface area contributed by atoms with Gasteiger partial charge in [0.25, 0.3) is 0 Å². The topological polar surface area (TPSA) is 39.1 Å². The van der Waals surface area contributed by atoms with Gasteiger partial charge in [-0.3, -0.25) is 0 Å². The molecule has 4 heteroatoms. The number of hydrogen-bond acceptors (Lipinski definition) is 3. The van der Waals surface area contributed by atoms with Crippen molar-refractivity contribution < 1.29 is 4.74 Å². The minimum absolute atomic E-state index is 0.431. The summed E-state index contributed by atoms with van der Waals surface area (Å²) in [6, 6.07) is 8.59. The molecule has 0 amide bonds. The lowest BCUT2D eigenvalue weighted by atomic mass is 10.1. The summed E-state index contributed by atoms with van der Waals surface area (Å²) < 4.78 is 7.99. The van der Waals surface area contributed by atoms with Crippen molar-refractivity contribution in [3.8, 4) is 11.6 Å². The van der Waals surface area contributed by atoms with Crippen molar-refractivity contribution in [3.05, 3.63) is 41.1 Å². The van der Waals surface area contributed by atoms with Gasteiger partial charge >= 0.3 is 0 Å². The van der Waals surface area contributed by atoms with E-state index in [1.807, 2.05) is 36.9 Å². The van der Waals surface area contributed by atoms with Gasteiger partial charge in [0, 0.05) is 19.6 Å². The first-order chi connectivity index (χ1) is 10.0. The van der Waals surface area contributed by atoms with Gasteiger partial charge < -0.3 is 10.1 Å². The van der Waals surface area contributed by atoms with Crippen molar-refractivity contribution in [1.82, 2.24) is 15.1 Å². The lowest BCUT2D eigenvalue weighted by Crippen LogP contribution is -2.22. The molecule has 0 fully saturated rings. The molecule has 0 saturated heterocycles. The number of nitrogens with one attached hydrogen (secondary N) is 1. The van der Waals surface area contributed by atoms with Gasteiger partial charge in [-0.25, -0.2) is 4.68 Å². The summed E-state index contributed by atoms with van der Waals surface area (Å²) in [5.41, 5.74) is 3.34. The Balaban J connectivity index is 2.30. The third-order valence-electron chi connectivity index (χ3n) is 3.54. The second kappa shape index (κ2) is 6.76. The van der Waals surface area contributed by atoms with Crippen LogP contribution in [0.25, 0.3) is 0 Å². The van der Waals surface area contributed by atoms with Gasteiger partial charge in [0.05, 0.1) is 11.3 Å². The highest BCUT2D eigenvalue weighted by molar-refractivity contribution is 5.39. The summed E-state index contributed by atoms with van der Waals surface area (Å²) in [7, 11) is 1.93. The van der Waals surface area contributed by atoms with E-state index in [9.17, 15) is 0 Å². The zero-order valence-electron chi connectivity index (χ0n) is 13.6. The van der Waals surface area contributed by atoms with Crippen molar-refractivity contribution in [2.45, 2.75) is 46.7 Å². The van der Waals surface area contributed by atoms with E-state index in [-0.39, 0.29) is 0 Å². The normalized spacial score (nSPS) is 11.1. The highest BCUT2D eigenvalue weighted by Crippen LogP contribution is 2.29. The molecule has 0 radical (unpaired) electrons. The Morgan fingerprint density at radius 3 is 2.67 bits per heavy atom. The number of benzene rings is 1. The summed E-state index contributed by atoms with van der Waals surface area (Å²) in [6.07, 6.45) is 0.951. The average molecular weight is 287 g/mol. The Hall–Kier alpha value is -1.81. The van der Waals surface area contributed by atoms with Crippen LogP contribution in [0.1, 0.15) is 37.6 Å². The van der Waals surface area contributed by atoms with Gasteiger partial charge in [-0.2, -0.15) is 5.10 Å². The molecule has 1 aromatic carbocycles. The van der Waals surface area contributed by atoms with Gasteiger partial charge in [0.1, 0.15) is 5.75 Å². The molecule has 0 aliphatic carbocycles. The third kappa shape index (κ3) is 3.64. The van der Waals surface area contributed by atoms with Gasteiger partial charge in [0.2, 0.25) is 5.88 Å². The minimum atomic E-state index is 0.431. The molecule has 2 rings (SSSR count). The summed E-state index contributed by atoms with van der Waals surface area (Å²) in [5.74, 6) is 1.73. The molecule has 0 unspecified atom stereocenters. The molecule has 1 aromatic heterocycles. The maximum absolute atomic E-state index is 6.18. The molecular weight excluding hydrogens is 262 g/mol. The van der Waals surface area contributed by atoms with E-state index in [4.69, 9.17) is 4.74 Å². The van der Waals surface area contributed by atoms with Crippen LogP contribution in [0.4, 0.5) is 0 Å². The Bertz CT molecular complexity index is 602. The van der Waals surface area contributed by atoms with Crippen LogP contribution < -0.4 is 10.1 Å². The lowest BCUT2D eigenvalue weighted by Gasteiger charge is -2.13. The lowest BCUT2D eigenvalue weighted by molar-refractivity contribution is 0.418. The van der Waals surface area contributed by atoms with E-state index in [0.29, 0.717) is 6.04 Å². The molecule has 1 N–H and O–H groups in total. The summed E-state index contributed by atoms with van der Waals surface area (Å²) in [6.45, 7) is 9.20. The summed E-state index contributed by atoms with van der Waals surface area (Å²) in [5, 5.41) is 7.93. The maximum Gasteiger partial charge on any atom is 0.222 e. The van der Waals surface area contributed by atoms with Crippen LogP contribution in [0.15, 0.2) is 24.3 Å². The Kier molecular flexibility index (Phi) is 5.02. The first-order valence-electron chi connectivity index (χ1n) is 7.54. The van der Waals surface area contributed by atoms with Crippen molar-refractivity contribution in [3.63, 3.8) is 0 Å². The van der Waals surface area contributed by atoms with Crippen molar-refractivity contribution in [2.75, 3.05) is 0 Å². The molecule has 114 valence electrons. The minimum Gasteiger partial charge on any atom is -0.439 e. The van der Waals surface area contributed by atoms with Crippen LogP contribution in [0.3, 0.4) is 0 Å². The number of hydrogen-bond donors (Lipinski definition) is 1. The molecule has 4 nitrogen and oxygen atoms in total. The van der Waals surface area contributed by atoms with Crippen LogP contribution >= 0.6 is 0 Å². The summed E-state index contributed by atoms with van der Waals surface area (Å²) in [4.78, 5) is 0. The second-order valence-corrected chi connectivity index (χ2v) is 5.59. The summed E-state index contributed by atoms with van der Waals surface area (Å²) >= 11 is 0. The van der Waals surface area contributed by atoms with Crippen LogP contribution in [0.5, 0.6) is 11.6 Å². The molecule has 0 aliphatic heterocycles. The zero-order chi connectivity index (χ0) is 15.4. The number of aryl methyl sites for hydroxylation is 3. The molecule has 0 aliphatic rings. The maximum atomic E-state index is 6.18. The highest BCUT2D eigenvalue weighted by atomic mass is 16.5. The van der Waals surface area contributed by atoms with Crippen LogP contribution in [0, 0.1) is 6.92 Å². The first kappa shape index (κ1) is 15.6. The fourth-order valence-corrected chi connectivity index (χ4v) is 2.32. The second-order valence-electron chi connectivity index (χ2n) is 5.59. The number of nitrogens with zero attached hydrogens (tertiary/aromatic N) is 2. The Morgan fingerprint density at radius 2 is 2.00 bits per heavy atom. The van der Waals surface area contributed by atoms with E-state index in [1.165, 1.54) is 5.56 Å². The van der Waals surface area contributed by atoms with Crippen molar-refractivity contribution in [1.29, 1.82) is 0 Å². The van der Waals surface area contributed by atoms with Crippen molar-refractivity contribution in [2.24, 2.45) is 7.05 Å². The number of aromatic nitrogens is 2. The van der Waals surface area contributed by atoms with E-state index in [1.54, 1.807) is 0 Å². The van der Waals surface area contributed by atoms with Crippen LogP contribution in [-0.2, 0) is 20.0 Å². The Morgan fingerprint density at radius 1 is 1.29 bits per heavy atom. The van der Waals surface area contributed by atoms with E-state index >= 15 is 0 Å². The molecule has 1 heterocycles. The quantitative estimate of drug-likeness (QED) is 0.882. The highest BCUT2D eigenvalue weighted by Gasteiger charge is 2.16. The number of para-hydroxylation sites is 1. The monoisotopic (exact) mass is 287 g/mol. The molecule has 0 atom stereocenters. The zero-order valence-corrected chi connectivity index (χ0v) is 13.6. The van der Waals surface area contributed by atoms with Crippen LogP contribution in [0.2, 0.25) is 0 Å². The SMILES string of the molecule is CCc1ccccc1Oc1c(CNC(C)C)c(C)nn1C. The molecule has 0 saturated carbocycles. The van der Waals surface area contributed by atoms with Crippen molar-refractivity contribution >= 4 is 0 Å². The predicted octanol–water partition coefficient (Wildman–Crippen LogP) is 3.58. The predicted molar refractivity (Wildman–Crippen MR) is 85.8 cm³/mol. The molecule has 21 heavy (non-hydrogen) atoms. The van der Waals surface area contributed by atoms with Gasteiger partial charge in [-0.15, -0.1) is 0 Å². The Labute approximate surface area is 127 Å². The molecule has 2 aromatic rings. The first-order valence-corrected chi connectivity index (χ1v) is 7.54. The van der Waals surface area contributed by atoms with E-state index in [2.05, 4.69) is 37.3 Å². The fourth-order valence-electron chi connectivity index (χ4n) is 2.32. The molecule has 0 bridgehead atoms. The number of rotatable bonds is 6. The smallest absolute Gasteiger partial charge is 0.222 e. The molecular formula is C17H25N3O. The van der Waals surface area contributed by atoms with Gasteiger partial charge in [0.15, 0.2) is 0 Å². The fraction of sp³-hybridized carbons (Fsp3) is 0.471. The molecule has 0 spiro atoms.